The van der Waals surface area contributed by atoms with E-state index in [1.54, 1.807) is 17.9 Å². The summed E-state index contributed by atoms with van der Waals surface area (Å²) in [5.74, 6) is 0.0539. The van der Waals surface area contributed by atoms with Crippen molar-refractivity contribution in [1.29, 1.82) is 0 Å². The van der Waals surface area contributed by atoms with Crippen LogP contribution in [-0.4, -0.2) is 40.0 Å². The van der Waals surface area contributed by atoms with Crippen molar-refractivity contribution >= 4 is 27.5 Å². The molecule has 2 N–H and O–H groups in total. The molecule has 0 bridgehead atoms. The van der Waals surface area contributed by atoms with Crippen LogP contribution in [0.2, 0.25) is 0 Å². The highest BCUT2D eigenvalue weighted by Gasteiger charge is 2.19. The minimum absolute atomic E-state index is 0.0539. The van der Waals surface area contributed by atoms with Gasteiger partial charge in [0.15, 0.2) is 0 Å². The molecule has 2 aromatic heterocycles. The summed E-state index contributed by atoms with van der Waals surface area (Å²) in [4.78, 5) is 41.2. The Bertz CT molecular complexity index is 804. The van der Waals surface area contributed by atoms with Crippen LogP contribution < -0.4 is 16.6 Å². The van der Waals surface area contributed by atoms with Gasteiger partial charge in [-0.15, -0.1) is 11.3 Å². The van der Waals surface area contributed by atoms with E-state index in [0.29, 0.717) is 36.4 Å². The summed E-state index contributed by atoms with van der Waals surface area (Å²) in [5, 5.41) is 3.02. The summed E-state index contributed by atoms with van der Waals surface area (Å²) in [7, 11) is 0. The molecule has 21 heavy (non-hydrogen) atoms. The molecule has 8 heteroatoms. The van der Waals surface area contributed by atoms with Crippen LogP contribution in [0.4, 0.5) is 0 Å². The van der Waals surface area contributed by atoms with Gasteiger partial charge in [-0.05, 0) is 13.0 Å². The smallest absolute Gasteiger partial charge is 0.328 e. The standard InChI is InChI=1S/C13H16N4O3S/c1-2-17-12(19)11-9(15-13(17)20)5-8(21-11)7-16-4-3-14-6-10(16)18/h5,14H,2-4,6-7H2,1H3,(H,15,20). The molecule has 0 atom stereocenters. The molecule has 1 saturated heterocycles. The highest BCUT2D eigenvalue weighted by atomic mass is 32.1. The molecular formula is C13H16N4O3S. The number of thiophene rings is 1. The van der Waals surface area contributed by atoms with Crippen molar-refractivity contribution in [2.45, 2.75) is 20.0 Å². The van der Waals surface area contributed by atoms with Crippen molar-refractivity contribution in [2.75, 3.05) is 19.6 Å². The first-order valence-electron chi connectivity index (χ1n) is 6.84. The van der Waals surface area contributed by atoms with Crippen molar-refractivity contribution in [3.8, 4) is 0 Å². The molecule has 3 heterocycles. The van der Waals surface area contributed by atoms with Gasteiger partial charge in [0.05, 0.1) is 18.6 Å². The molecule has 3 rings (SSSR count). The van der Waals surface area contributed by atoms with E-state index < -0.39 is 5.69 Å². The molecule has 112 valence electrons. The second-order valence-electron chi connectivity index (χ2n) is 4.93. The maximum atomic E-state index is 12.2. The van der Waals surface area contributed by atoms with E-state index in [0.717, 1.165) is 11.4 Å². The fourth-order valence-corrected chi connectivity index (χ4v) is 3.53. The zero-order valence-corrected chi connectivity index (χ0v) is 12.5. The van der Waals surface area contributed by atoms with Crippen molar-refractivity contribution in [3.63, 3.8) is 0 Å². The average Bonchev–Trinajstić information content (AvgIpc) is 2.84. The minimum atomic E-state index is -0.391. The number of H-pyrrole nitrogens is 1. The van der Waals surface area contributed by atoms with E-state index in [-0.39, 0.29) is 11.5 Å². The highest BCUT2D eigenvalue weighted by molar-refractivity contribution is 7.18. The van der Waals surface area contributed by atoms with Gasteiger partial charge in [0.1, 0.15) is 4.70 Å². The van der Waals surface area contributed by atoms with Gasteiger partial charge in [0, 0.05) is 24.5 Å². The lowest BCUT2D eigenvalue weighted by atomic mass is 10.3. The number of hydrogen-bond acceptors (Lipinski definition) is 5. The van der Waals surface area contributed by atoms with Gasteiger partial charge >= 0.3 is 5.69 Å². The fraction of sp³-hybridized carbons (Fsp3) is 0.462. The average molecular weight is 308 g/mol. The lowest BCUT2D eigenvalue weighted by molar-refractivity contribution is -0.132. The number of amides is 1. The summed E-state index contributed by atoms with van der Waals surface area (Å²) in [6, 6.07) is 1.79. The molecule has 1 aliphatic heterocycles. The first-order chi connectivity index (χ1) is 10.1. The van der Waals surface area contributed by atoms with E-state index >= 15 is 0 Å². The van der Waals surface area contributed by atoms with Gasteiger partial charge in [-0.25, -0.2) is 4.79 Å². The second kappa shape index (κ2) is 5.45. The zero-order chi connectivity index (χ0) is 15.0. The Hall–Kier alpha value is -1.93. The molecule has 0 spiro atoms. The van der Waals surface area contributed by atoms with Crippen molar-refractivity contribution in [1.82, 2.24) is 19.8 Å². The number of carbonyl (C=O) groups excluding carboxylic acids is 1. The number of fused-ring (bicyclic) bond motifs is 1. The third kappa shape index (κ3) is 2.52. The molecular weight excluding hydrogens is 292 g/mol. The molecule has 1 fully saturated rings. The lowest BCUT2D eigenvalue weighted by Gasteiger charge is -2.26. The van der Waals surface area contributed by atoms with Crippen LogP contribution in [-0.2, 0) is 17.9 Å². The summed E-state index contributed by atoms with van der Waals surface area (Å²) < 4.78 is 1.72. The number of nitrogens with one attached hydrogen (secondary N) is 2. The molecule has 2 aromatic rings. The number of hydrogen-bond donors (Lipinski definition) is 2. The summed E-state index contributed by atoms with van der Waals surface area (Å²) >= 11 is 1.34. The molecule has 1 amide bonds. The van der Waals surface area contributed by atoms with E-state index in [9.17, 15) is 14.4 Å². The third-order valence-corrected chi connectivity index (χ3v) is 4.67. The second-order valence-corrected chi connectivity index (χ2v) is 6.06. The molecule has 0 saturated carbocycles. The van der Waals surface area contributed by atoms with Gasteiger partial charge in [-0.1, -0.05) is 0 Å². The fourth-order valence-electron chi connectivity index (χ4n) is 2.46. The van der Waals surface area contributed by atoms with Crippen LogP contribution in [0.5, 0.6) is 0 Å². The van der Waals surface area contributed by atoms with Crippen LogP contribution >= 0.6 is 11.3 Å². The van der Waals surface area contributed by atoms with E-state index in [2.05, 4.69) is 10.3 Å². The summed E-state index contributed by atoms with van der Waals surface area (Å²) in [5.41, 5.74) is -0.103. The van der Waals surface area contributed by atoms with Crippen LogP contribution in [0.1, 0.15) is 11.8 Å². The van der Waals surface area contributed by atoms with Crippen molar-refractivity contribution < 1.29 is 4.79 Å². The quantitative estimate of drug-likeness (QED) is 0.815. The lowest BCUT2D eigenvalue weighted by Crippen LogP contribution is -2.47. The van der Waals surface area contributed by atoms with Gasteiger partial charge < -0.3 is 15.2 Å². The largest absolute Gasteiger partial charge is 0.335 e. The maximum Gasteiger partial charge on any atom is 0.328 e. The van der Waals surface area contributed by atoms with E-state index in [1.807, 2.05) is 0 Å². The summed E-state index contributed by atoms with van der Waals surface area (Å²) in [6.45, 7) is 4.36. The number of piperazine rings is 1. The Morgan fingerprint density at radius 2 is 2.14 bits per heavy atom. The molecule has 1 aliphatic rings. The Labute approximate surface area is 124 Å². The summed E-state index contributed by atoms with van der Waals surface area (Å²) in [6.07, 6.45) is 0. The van der Waals surface area contributed by atoms with Gasteiger partial charge in [-0.3, -0.25) is 14.2 Å². The first kappa shape index (κ1) is 14.0. The van der Waals surface area contributed by atoms with Crippen LogP contribution in [0.25, 0.3) is 10.2 Å². The number of nitrogens with zero attached hydrogens (tertiary/aromatic N) is 2. The molecule has 7 nitrogen and oxygen atoms in total. The van der Waals surface area contributed by atoms with Crippen LogP contribution in [0, 0.1) is 0 Å². The van der Waals surface area contributed by atoms with Crippen molar-refractivity contribution in [2.24, 2.45) is 0 Å². The number of aromatic nitrogens is 2. The zero-order valence-electron chi connectivity index (χ0n) is 11.6. The van der Waals surface area contributed by atoms with Gasteiger partial charge in [-0.2, -0.15) is 0 Å². The Morgan fingerprint density at radius 3 is 2.86 bits per heavy atom. The Morgan fingerprint density at radius 1 is 1.33 bits per heavy atom. The van der Waals surface area contributed by atoms with E-state index in [4.69, 9.17) is 0 Å². The van der Waals surface area contributed by atoms with E-state index in [1.165, 1.54) is 15.9 Å². The maximum absolute atomic E-state index is 12.2. The Balaban J connectivity index is 1.98. The first-order valence-corrected chi connectivity index (χ1v) is 7.66. The molecule has 0 aromatic carbocycles. The SMILES string of the molecule is CCn1c(=O)[nH]c2cc(CN3CCNCC3=O)sc2c1=O. The monoisotopic (exact) mass is 308 g/mol. The number of aromatic amines is 1. The molecule has 0 unspecified atom stereocenters. The predicted octanol–water partition coefficient (Wildman–Crippen LogP) is -0.297. The molecule has 0 radical (unpaired) electrons. The van der Waals surface area contributed by atoms with Crippen LogP contribution in [0.3, 0.4) is 0 Å². The minimum Gasteiger partial charge on any atom is -0.335 e. The number of carbonyl (C=O) groups is 1. The van der Waals surface area contributed by atoms with Gasteiger partial charge in [0.2, 0.25) is 5.91 Å². The topological polar surface area (TPSA) is 87.2 Å². The third-order valence-electron chi connectivity index (χ3n) is 3.56. The normalized spacial score (nSPS) is 15.9. The van der Waals surface area contributed by atoms with Crippen LogP contribution in [0.15, 0.2) is 15.7 Å². The number of rotatable bonds is 3. The van der Waals surface area contributed by atoms with Crippen molar-refractivity contribution in [3.05, 3.63) is 31.8 Å². The Kier molecular flexibility index (Phi) is 3.64. The van der Waals surface area contributed by atoms with Gasteiger partial charge in [0.25, 0.3) is 5.56 Å². The predicted molar refractivity (Wildman–Crippen MR) is 80.7 cm³/mol. The molecule has 0 aliphatic carbocycles. The highest BCUT2D eigenvalue weighted by Crippen LogP contribution is 2.22.